The summed E-state index contributed by atoms with van der Waals surface area (Å²) in [5.74, 6) is -0.387. The maximum Gasteiger partial charge on any atom is 0.242 e. The molecule has 0 aliphatic carbocycles. The van der Waals surface area contributed by atoms with Crippen LogP contribution in [0.4, 0.5) is 0 Å². The lowest BCUT2D eigenvalue weighted by Gasteiger charge is -2.19. The van der Waals surface area contributed by atoms with Crippen molar-refractivity contribution >= 4 is 11.8 Å². The van der Waals surface area contributed by atoms with Crippen molar-refractivity contribution in [3.05, 3.63) is 35.4 Å². The van der Waals surface area contributed by atoms with Gasteiger partial charge in [-0.05, 0) is 31.9 Å². The van der Waals surface area contributed by atoms with Crippen LogP contribution in [-0.2, 0) is 9.59 Å². The van der Waals surface area contributed by atoms with Crippen molar-refractivity contribution in [2.75, 3.05) is 0 Å². The minimum absolute atomic E-state index is 0.0742. The van der Waals surface area contributed by atoms with Crippen molar-refractivity contribution in [2.45, 2.75) is 39.8 Å². The fraction of sp³-hybridized carbons (Fsp3) is 0.429. The van der Waals surface area contributed by atoms with Gasteiger partial charge in [0.15, 0.2) is 0 Å². The quantitative estimate of drug-likeness (QED) is 0.852. The van der Waals surface area contributed by atoms with Crippen LogP contribution < -0.4 is 10.6 Å². The molecule has 1 aromatic carbocycles. The highest BCUT2D eigenvalue weighted by Gasteiger charge is 2.17. The van der Waals surface area contributed by atoms with Crippen LogP contribution in [0.15, 0.2) is 24.3 Å². The number of carbonyl (C=O) groups is 2. The van der Waals surface area contributed by atoms with Gasteiger partial charge in [-0.25, -0.2) is 0 Å². The summed E-state index contributed by atoms with van der Waals surface area (Å²) in [6, 6.07) is 7.32. The summed E-state index contributed by atoms with van der Waals surface area (Å²) in [7, 11) is 0. The first-order chi connectivity index (χ1) is 8.41. The van der Waals surface area contributed by atoms with Gasteiger partial charge in [-0.2, -0.15) is 0 Å². The van der Waals surface area contributed by atoms with Gasteiger partial charge < -0.3 is 10.6 Å². The van der Waals surface area contributed by atoms with E-state index in [4.69, 9.17) is 0 Å². The molecule has 98 valence electrons. The van der Waals surface area contributed by atoms with E-state index in [1.807, 2.05) is 38.1 Å². The number of aryl methyl sites for hydroxylation is 1. The molecule has 2 amide bonds. The van der Waals surface area contributed by atoms with E-state index in [9.17, 15) is 9.59 Å². The van der Waals surface area contributed by atoms with Crippen LogP contribution in [0.1, 0.15) is 37.9 Å². The lowest BCUT2D eigenvalue weighted by atomic mass is 10.0. The monoisotopic (exact) mass is 248 g/mol. The Hall–Kier alpha value is -1.84. The highest BCUT2D eigenvalue weighted by molar-refractivity contribution is 5.86. The Morgan fingerprint density at radius 3 is 2.28 bits per heavy atom. The summed E-state index contributed by atoms with van der Waals surface area (Å²) >= 11 is 0. The predicted molar refractivity (Wildman–Crippen MR) is 71.0 cm³/mol. The van der Waals surface area contributed by atoms with E-state index in [-0.39, 0.29) is 17.9 Å². The molecule has 0 aliphatic heterocycles. The Morgan fingerprint density at radius 1 is 1.11 bits per heavy atom. The van der Waals surface area contributed by atoms with Gasteiger partial charge >= 0.3 is 0 Å². The topological polar surface area (TPSA) is 58.2 Å². The average molecular weight is 248 g/mol. The van der Waals surface area contributed by atoms with E-state index in [1.165, 1.54) is 6.92 Å². The third kappa shape index (κ3) is 3.87. The van der Waals surface area contributed by atoms with Crippen LogP contribution in [0.3, 0.4) is 0 Å². The van der Waals surface area contributed by atoms with E-state index in [1.54, 1.807) is 6.92 Å². The molecule has 2 N–H and O–H groups in total. The number of benzene rings is 1. The van der Waals surface area contributed by atoms with Crippen LogP contribution in [0, 0.1) is 6.92 Å². The lowest BCUT2D eigenvalue weighted by molar-refractivity contribution is -0.128. The summed E-state index contributed by atoms with van der Waals surface area (Å²) in [5.41, 5.74) is 2.22. The molecule has 1 aromatic rings. The molecule has 0 bridgehead atoms. The fourth-order valence-electron chi connectivity index (χ4n) is 1.86. The van der Waals surface area contributed by atoms with E-state index in [0.717, 1.165) is 11.1 Å². The van der Waals surface area contributed by atoms with E-state index in [2.05, 4.69) is 10.6 Å². The largest absolute Gasteiger partial charge is 0.348 e. The van der Waals surface area contributed by atoms with Gasteiger partial charge in [0.25, 0.3) is 0 Å². The fourth-order valence-corrected chi connectivity index (χ4v) is 1.86. The third-order valence-electron chi connectivity index (χ3n) is 2.83. The number of carbonyl (C=O) groups excluding carboxylic acids is 2. The molecule has 0 saturated carbocycles. The number of rotatable bonds is 4. The highest BCUT2D eigenvalue weighted by Crippen LogP contribution is 2.16. The van der Waals surface area contributed by atoms with E-state index < -0.39 is 6.04 Å². The van der Waals surface area contributed by atoms with Crippen molar-refractivity contribution in [1.82, 2.24) is 10.6 Å². The minimum Gasteiger partial charge on any atom is -0.348 e. The van der Waals surface area contributed by atoms with Crippen molar-refractivity contribution in [3.63, 3.8) is 0 Å². The number of amides is 2. The van der Waals surface area contributed by atoms with Crippen LogP contribution in [0.5, 0.6) is 0 Å². The van der Waals surface area contributed by atoms with E-state index in [0.29, 0.717) is 0 Å². The smallest absolute Gasteiger partial charge is 0.242 e. The molecule has 1 rings (SSSR count). The third-order valence-corrected chi connectivity index (χ3v) is 2.83. The second kappa shape index (κ2) is 6.19. The van der Waals surface area contributed by atoms with Crippen LogP contribution in [0.25, 0.3) is 0 Å². The Bertz CT molecular complexity index is 443. The standard InChI is InChI=1S/C14H20N2O2/c1-9-7-5-6-8-13(9)10(2)16-14(18)11(3)15-12(4)17/h5-8,10-11H,1-4H3,(H,15,17)(H,16,18)/t10-,11+/m1/s1. The molecule has 4 nitrogen and oxygen atoms in total. The van der Waals surface area contributed by atoms with Crippen LogP contribution in [0.2, 0.25) is 0 Å². The molecular formula is C14H20N2O2. The molecule has 0 radical (unpaired) electrons. The van der Waals surface area contributed by atoms with E-state index >= 15 is 0 Å². The van der Waals surface area contributed by atoms with Crippen molar-refractivity contribution in [1.29, 1.82) is 0 Å². The SMILES string of the molecule is CC(=O)N[C@@H](C)C(=O)N[C@H](C)c1ccccc1C. The van der Waals surface area contributed by atoms with Gasteiger partial charge in [0.2, 0.25) is 11.8 Å². The van der Waals surface area contributed by atoms with Crippen molar-refractivity contribution in [3.8, 4) is 0 Å². The first-order valence-corrected chi connectivity index (χ1v) is 6.04. The molecule has 4 heteroatoms. The first-order valence-electron chi connectivity index (χ1n) is 6.04. The summed E-state index contributed by atoms with van der Waals surface area (Å²) in [5, 5.41) is 5.45. The van der Waals surface area contributed by atoms with Crippen molar-refractivity contribution in [2.24, 2.45) is 0 Å². The molecule has 2 atom stereocenters. The number of hydrogen-bond acceptors (Lipinski definition) is 2. The molecule has 0 unspecified atom stereocenters. The maximum atomic E-state index is 11.8. The summed E-state index contributed by atoms with van der Waals surface area (Å²) < 4.78 is 0. The van der Waals surface area contributed by atoms with Gasteiger partial charge in [0.1, 0.15) is 6.04 Å². The van der Waals surface area contributed by atoms with Crippen LogP contribution >= 0.6 is 0 Å². The van der Waals surface area contributed by atoms with Crippen LogP contribution in [-0.4, -0.2) is 17.9 Å². The maximum absolute atomic E-state index is 11.8. The normalized spacial score (nSPS) is 13.6. The second-order valence-electron chi connectivity index (χ2n) is 4.51. The molecule has 0 aliphatic rings. The summed E-state index contributed by atoms with van der Waals surface area (Å²) in [6.45, 7) is 7.01. The molecule has 0 fully saturated rings. The molecule has 0 spiro atoms. The van der Waals surface area contributed by atoms with Gasteiger partial charge in [0.05, 0.1) is 6.04 Å². The molecule has 0 heterocycles. The Morgan fingerprint density at radius 2 is 1.72 bits per heavy atom. The Labute approximate surface area is 108 Å². The molecule has 0 aromatic heterocycles. The zero-order valence-electron chi connectivity index (χ0n) is 11.3. The minimum atomic E-state index is -0.519. The Kier molecular flexibility index (Phi) is 4.89. The summed E-state index contributed by atoms with van der Waals surface area (Å²) in [4.78, 5) is 22.7. The summed E-state index contributed by atoms with van der Waals surface area (Å²) in [6.07, 6.45) is 0. The lowest BCUT2D eigenvalue weighted by Crippen LogP contribution is -2.44. The Balaban J connectivity index is 2.65. The zero-order chi connectivity index (χ0) is 13.7. The van der Waals surface area contributed by atoms with Gasteiger partial charge in [-0.3, -0.25) is 9.59 Å². The molecule has 0 saturated heterocycles. The van der Waals surface area contributed by atoms with Gasteiger partial charge in [-0.1, -0.05) is 24.3 Å². The van der Waals surface area contributed by atoms with Crippen molar-refractivity contribution < 1.29 is 9.59 Å². The van der Waals surface area contributed by atoms with Gasteiger partial charge in [-0.15, -0.1) is 0 Å². The predicted octanol–water partition coefficient (Wildman–Crippen LogP) is 1.70. The second-order valence-corrected chi connectivity index (χ2v) is 4.51. The molecular weight excluding hydrogens is 228 g/mol. The average Bonchev–Trinajstić information content (AvgIpc) is 2.28. The number of hydrogen-bond donors (Lipinski definition) is 2. The molecule has 18 heavy (non-hydrogen) atoms. The highest BCUT2D eigenvalue weighted by atomic mass is 16.2. The van der Waals surface area contributed by atoms with Gasteiger partial charge in [0, 0.05) is 6.92 Å². The number of nitrogens with one attached hydrogen (secondary N) is 2. The first kappa shape index (κ1) is 14.2. The zero-order valence-corrected chi connectivity index (χ0v) is 11.3.